The number of nitrogens with zero attached hydrogens (tertiary/aromatic N) is 2. The first-order valence-electron chi connectivity index (χ1n) is 7.97. The van der Waals surface area contributed by atoms with Gasteiger partial charge in [-0.3, -0.25) is 4.79 Å². The van der Waals surface area contributed by atoms with Crippen molar-refractivity contribution < 1.29 is 4.79 Å². The maximum absolute atomic E-state index is 12.9. The Kier molecular flexibility index (Phi) is 5.38. The number of aromatic nitrogens is 1. The molecule has 1 aliphatic heterocycles. The van der Waals surface area contributed by atoms with Crippen LogP contribution < -0.4 is 5.73 Å². The van der Waals surface area contributed by atoms with E-state index in [2.05, 4.69) is 24.2 Å². The fraction of sp³-hybridized carbons (Fsp3) is 0.750. The zero-order chi connectivity index (χ0) is 15.5. The van der Waals surface area contributed by atoms with Gasteiger partial charge in [0.25, 0.3) is 0 Å². The average Bonchev–Trinajstić information content (AvgIpc) is 2.96. The monoisotopic (exact) mass is 309 g/mol. The van der Waals surface area contributed by atoms with Crippen LogP contribution in [-0.4, -0.2) is 35.4 Å². The lowest BCUT2D eigenvalue weighted by molar-refractivity contribution is -0.143. The molecule has 0 aromatic carbocycles. The smallest absolute Gasteiger partial charge is 0.230 e. The van der Waals surface area contributed by atoms with E-state index >= 15 is 0 Å². The normalized spacial score (nSPS) is 19.8. The number of rotatable bonds is 5. The fourth-order valence-corrected chi connectivity index (χ4v) is 4.11. The van der Waals surface area contributed by atoms with Gasteiger partial charge in [0, 0.05) is 36.6 Å². The van der Waals surface area contributed by atoms with Crippen molar-refractivity contribution in [2.45, 2.75) is 52.4 Å². The standard InChI is InChI=1S/C16H27N3OS/c1-4-16(5-2,11-17)15(20)19-8-6-7-13(9-19)14-18-12(3)10-21-14/h10,13H,4-9,11,17H2,1-3H3. The second kappa shape index (κ2) is 6.88. The maximum Gasteiger partial charge on any atom is 0.230 e. The number of hydrogen-bond donors (Lipinski definition) is 1. The SMILES string of the molecule is CCC(CC)(CN)C(=O)N1CCCC(c2nc(C)cs2)C1. The summed E-state index contributed by atoms with van der Waals surface area (Å²) in [5, 5.41) is 3.27. The number of carbonyl (C=O) groups is 1. The maximum atomic E-state index is 12.9. The van der Waals surface area contributed by atoms with E-state index in [1.165, 1.54) is 5.01 Å². The number of aryl methyl sites for hydroxylation is 1. The second-order valence-electron chi connectivity index (χ2n) is 6.11. The van der Waals surface area contributed by atoms with Gasteiger partial charge >= 0.3 is 0 Å². The summed E-state index contributed by atoms with van der Waals surface area (Å²) in [5.74, 6) is 0.638. The van der Waals surface area contributed by atoms with Gasteiger partial charge in [-0.25, -0.2) is 4.98 Å². The van der Waals surface area contributed by atoms with Crippen molar-refractivity contribution in [3.05, 3.63) is 16.1 Å². The molecule has 21 heavy (non-hydrogen) atoms. The number of nitrogens with two attached hydrogens (primary N) is 1. The summed E-state index contributed by atoms with van der Waals surface area (Å²) < 4.78 is 0. The van der Waals surface area contributed by atoms with Gasteiger partial charge in [0.1, 0.15) is 0 Å². The molecule has 1 fully saturated rings. The van der Waals surface area contributed by atoms with Crippen LogP contribution in [-0.2, 0) is 4.79 Å². The van der Waals surface area contributed by atoms with Crippen molar-refractivity contribution in [1.82, 2.24) is 9.88 Å². The molecule has 1 aromatic heterocycles. The molecule has 1 amide bonds. The van der Waals surface area contributed by atoms with Gasteiger partial charge in [-0.1, -0.05) is 13.8 Å². The van der Waals surface area contributed by atoms with E-state index in [0.717, 1.165) is 44.5 Å². The second-order valence-corrected chi connectivity index (χ2v) is 7.00. The molecule has 0 aliphatic carbocycles. The molecular formula is C16H27N3OS. The first-order valence-corrected chi connectivity index (χ1v) is 8.85. The molecule has 118 valence electrons. The Hall–Kier alpha value is -0.940. The molecule has 2 rings (SSSR count). The van der Waals surface area contributed by atoms with Crippen LogP contribution in [0.1, 0.15) is 56.2 Å². The molecule has 1 saturated heterocycles. The Morgan fingerprint density at radius 1 is 1.52 bits per heavy atom. The van der Waals surface area contributed by atoms with Gasteiger partial charge in [0.2, 0.25) is 5.91 Å². The number of thiazole rings is 1. The van der Waals surface area contributed by atoms with Crippen molar-refractivity contribution in [2.24, 2.45) is 11.1 Å². The van der Waals surface area contributed by atoms with Crippen LogP contribution in [0.5, 0.6) is 0 Å². The largest absolute Gasteiger partial charge is 0.341 e. The third-order valence-electron chi connectivity index (χ3n) is 4.89. The molecule has 5 heteroatoms. The number of piperidine rings is 1. The van der Waals surface area contributed by atoms with E-state index in [0.29, 0.717) is 12.5 Å². The average molecular weight is 309 g/mol. The van der Waals surface area contributed by atoms with Gasteiger partial charge in [-0.15, -0.1) is 11.3 Å². The van der Waals surface area contributed by atoms with Crippen molar-refractivity contribution in [3.63, 3.8) is 0 Å². The Labute approximate surface area is 131 Å². The third-order valence-corrected chi connectivity index (χ3v) is 6.02. The first kappa shape index (κ1) is 16.4. The zero-order valence-corrected chi connectivity index (χ0v) is 14.2. The Morgan fingerprint density at radius 2 is 2.24 bits per heavy atom. The minimum atomic E-state index is -0.374. The van der Waals surface area contributed by atoms with Crippen molar-refractivity contribution in [3.8, 4) is 0 Å². The molecule has 1 aromatic rings. The van der Waals surface area contributed by atoms with E-state index in [9.17, 15) is 4.79 Å². The van der Waals surface area contributed by atoms with Gasteiger partial charge < -0.3 is 10.6 Å². The van der Waals surface area contributed by atoms with Crippen LogP contribution in [0.3, 0.4) is 0 Å². The fourth-order valence-electron chi connectivity index (χ4n) is 3.19. The molecule has 1 unspecified atom stereocenters. The van der Waals surface area contributed by atoms with Gasteiger partial charge in [-0.2, -0.15) is 0 Å². The third kappa shape index (κ3) is 3.29. The summed E-state index contributed by atoms with van der Waals surface area (Å²) >= 11 is 1.72. The molecule has 1 atom stereocenters. The highest BCUT2D eigenvalue weighted by Crippen LogP contribution is 2.33. The summed E-state index contributed by atoms with van der Waals surface area (Å²) in [7, 11) is 0. The van der Waals surface area contributed by atoms with Crippen LogP contribution in [0.15, 0.2) is 5.38 Å². The predicted molar refractivity (Wildman–Crippen MR) is 87.5 cm³/mol. The minimum absolute atomic E-state index is 0.243. The zero-order valence-electron chi connectivity index (χ0n) is 13.4. The van der Waals surface area contributed by atoms with Crippen LogP contribution in [0, 0.1) is 12.3 Å². The number of carbonyl (C=O) groups excluding carboxylic acids is 1. The van der Waals surface area contributed by atoms with Crippen LogP contribution in [0.4, 0.5) is 0 Å². The first-order chi connectivity index (χ1) is 10.1. The van der Waals surface area contributed by atoms with E-state index in [1.54, 1.807) is 11.3 Å². The lowest BCUT2D eigenvalue weighted by Gasteiger charge is -2.39. The molecule has 4 nitrogen and oxygen atoms in total. The molecular weight excluding hydrogens is 282 g/mol. The lowest BCUT2D eigenvalue weighted by atomic mass is 9.80. The van der Waals surface area contributed by atoms with Crippen LogP contribution >= 0.6 is 11.3 Å². The molecule has 0 bridgehead atoms. The molecule has 2 heterocycles. The summed E-state index contributed by atoms with van der Waals surface area (Å²) in [4.78, 5) is 19.6. The lowest BCUT2D eigenvalue weighted by Crippen LogP contribution is -2.50. The van der Waals surface area contributed by atoms with Crippen molar-refractivity contribution in [2.75, 3.05) is 19.6 Å². The minimum Gasteiger partial charge on any atom is -0.341 e. The van der Waals surface area contributed by atoms with E-state index < -0.39 is 0 Å². The van der Waals surface area contributed by atoms with E-state index in [-0.39, 0.29) is 11.3 Å². The summed E-state index contributed by atoms with van der Waals surface area (Å²) in [6.45, 7) is 8.27. The predicted octanol–water partition coefficient (Wildman–Crippen LogP) is 2.92. The summed E-state index contributed by atoms with van der Waals surface area (Å²) in [6, 6.07) is 0. The molecule has 0 radical (unpaired) electrons. The van der Waals surface area contributed by atoms with Gasteiger partial charge in [0.05, 0.1) is 10.4 Å². The van der Waals surface area contributed by atoms with Crippen LogP contribution in [0.2, 0.25) is 0 Å². The topological polar surface area (TPSA) is 59.2 Å². The highest BCUT2D eigenvalue weighted by molar-refractivity contribution is 7.09. The van der Waals surface area contributed by atoms with E-state index in [4.69, 9.17) is 5.73 Å². The number of hydrogen-bond acceptors (Lipinski definition) is 4. The Balaban J connectivity index is 2.11. The number of amides is 1. The van der Waals surface area contributed by atoms with Crippen molar-refractivity contribution in [1.29, 1.82) is 0 Å². The highest BCUT2D eigenvalue weighted by atomic mass is 32.1. The quantitative estimate of drug-likeness (QED) is 0.910. The Bertz CT molecular complexity index is 473. The van der Waals surface area contributed by atoms with Gasteiger partial charge in [0.15, 0.2) is 0 Å². The van der Waals surface area contributed by atoms with E-state index in [1.807, 2.05) is 11.8 Å². The molecule has 1 aliphatic rings. The Morgan fingerprint density at radius 3 is 2.76 bits per heavy atom. The van der Waals surface area contributed by atoms with Crippen LogP contribution in [0.25, 0.3) is 0 Å². The molecule has 2 N–H and O–H groups in total. The molecule has 0 spiro atoms. The van der Waals surface area contributed by atoms with Gasteiger partial charge in [-0.05, 0) is 32.6 Å². The number of likely N-dealkylation sites (tertiary alicyclic amines) is 1. The summed E-state index contributed by atoms with van der Waals surface area (Å²) in [6.07, 6.45) is 3.82. The molecule has 0 saturated carbocycles. The van der Waals surface area contributed by atoms with Crippen molar-refractivity contribution >= 4 is 17.2 Å². The summed E-state index contributed by atoms with van der Waals surface area (Å²) in [5.41, 5.74) is 6.63. The highest BCUT2D eigenvalue weighted by Gasteiger charge is 2.38.